The summed E-state index contributed by atoms with van der Waals surface area (Å²) in [6.45, 7) is 0.718. The first-order valence-corrected chi connectivity index (χ1v) is 5.32. The molecule has 0 aromatic carbocycles. The van der Waals surface area contributed by atoms with E-state index >= 15 is 0 Å². The summed E-state index contributed by atoms with van der Waals surface area (Å²) in [5.41, 5.74) is 0. The summed E-state index contributed by atoms with van der Waals surface area (Å²) in [6, 6.07) is 0. The van der Waals surface area contributed by atoms with Crippen LogP contribution >= 0.6 is 0 Å². The molecule has 0 N–H and O–H groups in total. The van der Waals surface area contributed by atoms with E-state index in [1.54, 1.807) is 0 Å². The second-order valence-corrected chi connectivity index (χ2v) is 4.68. The molecule has 1 heterocycles. The fraction of sp³-hybridized carbons (Fsp3) is 0.833. The Morgan fingerprint density at radius 3 is 2.08 bits per heavy atom. The molecule has 0 bridgehead atoms. The topological polar surface area (TPSA) is 54.5 Å². The van der Waals surface area contributed by atoms with E-state index in [9.17, 15) is 13.2 Å². The van der Waals surface area contributed by atoms with Gasteiger partial charge in [0.2, 0.25) is 10.0 Å². The molecular weight excluding hydrogens is 190 g/mol. The smallest absolute Gasteiger partial charge is 1.00 e. The van der Waals surface area contributed by atoms with Gasteiger partial charge in [0.15, 0.2) is 0 Å². The summed E-state index contributed by atoms with van der Waals surface area (Å²) < 4.78 is 23.2. The Kier molecular flexibility index (Phi) is 4.68. The van der Waals surface area contributed by atoms with Crippen LogP contribution in [-0.2, 0) is 14.8 Å². The molecule has 0 radical (unpaired) electrons. The van der Waals surface area contributed by atoms with Crippen molar-refractivity contribution in [2.75, 3.05) is 19.3 Å². The Balaban J connectivity index is -0.000000403. The predicted octanol–water partition coefficient (Wildman–Crippen LogP) is -0.545. The summed E-state index contributed by atoms with van der Waals surface area (Å²) >= 11 is 0. The van der Waals surface area contributed by atoms with Crippen LogP contribution in [0.3, 0.4) is 0 Å². The number of carbonyl (C=O) groups is 1. The van der Waals surface area contributed by atoms with E-state index in [1.165, 1.54) is 10.6 Å². The van der Waals surface area contributed by atoms with Crippen LogP contribution in [0.4, 0.5) is 0 Å². The van der Waals surface area contributed by atoms with E-state index in [2.05, 4.69) is 0 Å². The molecule has 6 heteroatoms. The molecule has 1 aliphatic rings. The van der Waals surface area contributed by atoms with Crippen molar-refractivity contribution in [3.8, 4) is 0 Å². The molecule has 0 amide bonds. The third-order valence-corrected chi connectivity index (χ3v) is 3.05. The molecule has 1 rings (SSSR count). The second kappa shape index (κ2) is 4.55. The zero-order valence-electron chi connectivity index (χ0n) is 9.12. The number of hydrogen-bond donors (Lipinski definition) is 0. The minimum absolute atomic E-state index is 0. The number of piperidine rings is 1. The maximum absolute atomic E-state index is 10.9. The fourth-order valence-electron chi connectivity index (χ4n) is 1.07. The first-order chi connectivity index (χ1) is 5.00. The Labute approximate surface area is 91.5 Å². The normalized spacial score (nSPS) is 20.2. The van der Waals surface area contributed by atoms with E-state index in [0.29, 0.717) is 25.9 Å². The van der Waals surface area contributed by atoms with Gasteiger partial charge in [-0.1, -0.05) is 0 Å². The fourth-order valence-corrected chi connectivity index (χ4v) is 1.91. The van der Waals surface area contributed by atoms with Gasteiger partial charge in [-0.3, -0.25) is 4.79 Å². The average molecular weight is 204 g/mol. The molecule has 0 atom stereocenters. The first-order valence-electron chi connectivity index (χ1n) is 3.47. The predicted molar refractivity (Wildman–Crippen MR) is 48.6 cm³/mol. The molecule has 1 saturated heterocycles. The third-order valence-electron chi connectivity index (χ3n) is 1.75. The molecule has 12 heavy (non-hydrogen) atoms. The maximum Gasteiger partial charge on any atom is 2.00 e. The Morgan fingerprint density at radius 2 is 1.75 bits per heavy atom. The monoisotopic (exact) mass is 203 g/mol. The third kappa shape index (κ3) is 3.38. The SMILES string of the molecule is CS(=O)(=O)N1CCC(=O)CC1.[H-].[H-].[Mg+2]. The van der Waals surface area contributed by atoms with Crippen LogP contribution in [0.25, 0.3) is 0 Å². The summed E-state index contributed by atoms with van der Waals surface area (Å²) in [5.74, 6) is 0.157. The van der Waals surface area contributed by atoms with Gasteiger partial charge >= 0.3 is 23.1 Å². The Bertz CT molecular complexity index is 260. The van der Waals surface area contributed by atoms with Crippen LogP contribution in [0.5, 0.6) is 0 Å². The zero-order valence-corrected chi connectivity index (χ0v) is 9.35. The van der Waals surface area contributed by atoms with E-state index in [4.69, 9.17) is 0 Å². The van der Waals surface area contributed by atoms with Crippen molar-refractivity contribution >= 4 is 38.9 Å². The van der Waals surface area contributed by atoms with E-state index in [0.717, 1.165) is 0 Å². The maximum atomic E-state index is 10.9. The summed E-state index contributed by atoms with van der Waals surface area (Å²) in [4.78, 5) is 10.7. The molecule has 0 aromatic heterocycles. The van der Waals surface area contributed by atoms with Crippen molar-refractivity contribution in [3.63, 3.8) is 0 Å². The van der Waals surface area contributed by atoms with Gasteiger partial charge in [-0.05, 0) is 0 Å². The van der Waals surface area contributed by atoms with Crippen molar-refractivity contribution in [1.82, 2.24) is 4.31 Å². The van der Waals surface area contributed by atoms with E-state index in [-0.39, 0.29) is 31.7 Å². The molecule has 1 fully saturated rings. The van der Waals surface area contributed by atoms with Gasteiger partial charge < -0.3 is 2.85 Å². The molecule has 1 aliphatic heterocycles. The van der Waals surface area contributed by atoms with Crippen LogP contribution in [0.2, 0.25) is 0 Å². The standard InChI is InChI=1S/C6H11NO3S.Mg.2H/c1-11(9,10)7-4-2-6(8)3-5-7;;;/h2-5H2,1H3;;;/q;+2;2*-1. The number of sulfonamides is 1. The number of rotatable bonds is 1. The van der Waals surface area contributed by atoms with Gasteiger partial charge in [-0.15, -0.1) is 0 Å². The summed E-state index contributed by atoms with van der Waals surface area (Å²) in [5, 5.41) is 0. The summed E-state index contributed by atoms with van der Waals surface area (Å²) in [7, 11) is -3.07. The van der Waals surface area contributed by atoms with Crippen LogP contribution in [0, 0.1) is 0 Å². The Hall–Kier alpha value is 0.346. The minimum Gasteiger partial charge on any atom is -1.00 e. The van der Waals surface area contributed by atoms with E-state index < -0.39 is 10.0 Å². The first kappa shape index (κ1) is 12.3. The summed E-state index contributed by atoms with van der Waals surface area (Å²) in [6.07, 6.45) is 1.91. The largest absolute Gasteiger partial charge is 2.00 e. The molecule has 0 aliphatic carbocycles. The molecule has 4 nitrogen and oxygen atoms in total. The number of ketones is 1. The van der Waals surface area contributed by atoms with Crippen LogP contribution < -0.4 is 0 Å². The van der Waals surface area contributed by atoms with Crippen LogP contribution in [0.15, 0.2) is 0 Å². The van der Waals surface area contributed by atoms with E-state index in [1.807, 2.05) is 0 Å². The number of nitrogens with zero attached hydrogens (tertiary/aromatic N) is 1. The molecule has 0 aromatic rings. The molecule has 0 saturated carbocycles. The van der Waals surface area contributed by atoms with Gasteiger partial charge in [0.25, 0.3) is 0 Å². The molecular formula is C6H13MgNO3S. The van der Waals surface area contributed by atoms with Gasteiger partial charge in [0, 0.05) is 25.9 Å². The molecule has 68 valence electrons. The van der Waals surface area contributed by atoms with Crippen LogP contribution in [-0.4, -0.2) is 60.9 Å². The molecule has 0 spiro atoms. The number of carbonyl (C=O) groups excluding carboxylic acids is 1. The van der Waals surface area contributed by atoms with Crippen LogP contribution in [0.1, 0.15) is 15.7 Å². The van der Waals surface area contributed by atoms with Crippen molar-refractivity contribution < 1.29 is 16.1 Å². The molecule has 0 unspecified atom stereocenters. The van der Waals surface area contributed by atoms with Crippen molar-refractivity contribution in [2.45, 2.75) is 12.8 Å². The van der Waals surface area contributed by atoms with Gasteiger partial charge in [-0.25, -0.2) is 12.7 Å². The van der Waals surface area contributed by atoms with Crippen molar-refractivity contribution in [2.24, 2.45) is 0 Å². The average Bonchev–Trinajstić information content (AvgIpc) is 1.86. The zero-order chi connectivity index (χ0) is 8.48. The van der Waals surface area contributed by atoms with Gasteiger partial charge in [0.1, 0.15) is 5.78 Å². The quantitative estimate of drug-likeness (QED) is 0.538. The van der Waals surface area contributed by atoms with Crippen molar-refractivity contribution in [3.05, 3.63) is 0 Å². The number of hydrogen-bond acceptors (Lipinski definition) is 3. The Morgan fingerprint density at radius 1 is 1.33 bits per heavy atom. The van der Waals surface area contributed by atoms with Crippen molar-refractivity contribution in [1.29, 1.82) is 0 Å². The number of Topliss-reactive ketones (excluding diaryl/α,β-unsaturated/α-hetero) is 1. The second-order valence-electron chi connectivity index (χ2n) is 2.70. The van der Waals surface area contributed by atoms with Gasteiger partial charge in [0.05, 0.1) is 6.26 Å². The van der Waals surface area contributed by atoms with Gasteiger partial charge in [-0.2, -0.15) is 0 Å². The minimum atomic E-state index is -3.07.